The van der Waals surface area contributed by atoms with Gasteiger partial charge in [0, 0.05) is 11.3 Å². The third kappa shape index (κ3) is 4.02. The third-order valence-corrected chi connectivity index (χ3v) is 5.13. The molecule has 0 radical (unpaired) electrons. The molecule has 0 aromatic heterocycles. The predicted octanol–water partition coefficient (Wildman–Crippen LogP) is 3.39. The Morgan fingerprint density at radius 3 is 2.29 bits per heavy atom. The fourth-order valence-corrected chi connectivity index (χ4v) is 3.72. The molecule has 0 saturated carbocycles. The van der Waals surface area contributed by atoms with Crippen molar-refractivity contribution in [2.75, 3.05) is 26.1 Å². The molecule has 1 aliphatic carbocycles. The molecule has 3 N–H and O–H groups in total. The lowest BCUT2D eigenvalue weighted by molar-refractivity contribution is -0.120. The number of amides is 2. The number of nitrogens with two attached hydrogens (primary N) is 1. The highest BCUT2D eigenvalue weighted by molar-refractivity contribution is 6.05. The first-order valence-electron chi connectivity index (χ1n) is 9.70. The van der Waals surface area contributed by atoms with Gasteiger partial charge in [-0.25, -0.2) is 0 Å². The van der Waals surface area contributed by atoms with Crippen molar-refractivity contribution in [3.05, 3.63) is 71.3 Å². The summed E-state index contributed by atoms with van der Waals surface area (Å²) >= 11 is 0. The van der Waals surface area contributed by atoms with E-state index in [1.807, 2.05) is 30.3 Å². The normalized spacial score (nSPS) is 11.3. The smallest absolute Gasteiger partial charge is 0.255 e. The van der Waals surface area contributed by atoms with Crippen LogP contribution in [0.25, 0.3) is 11.1 Å². The summed E-state index contributed by atoms with van der Waals surface area (Å²) in [5, 5.41) is 2.92. The monoisotopic (exact) mass is 418 g/mol. The van der Waals surface area contributed by atoms with Gasteiger partial charge in [0.2, 0.25) is 5.75 Å². The Hall–Kier alpha value is -4.00. The van der Waals surface area contributed by atoms with Gasteiger partial charge in [-0.15, -0.1) is 0 Å². The maximum absolute atomic E-state index is 12.9. The standard InChI is InChI=1S/C24H22N2O5/c1-29-20-11-16(12-21(30-2)23(20)31-13-22(25)27)24(28)26-17-7-8-19-15(10-17)9-14-5-3-4-6-18(14)19/h3-8,10-12H,9,13H2,1-2H3,(H2,25,27)(H,26,28). The molecule has 1 aliphatic rings. The zero-order valence-corrected chi connectivity index (χ0v) is 17.2. The summed E-state index contributed by atoms with van der Waals surface area (Å²) < 4.78 is 16.0. The van der Waals surface area contributed by atoms with Gasteiger partial charge in [0.05, 0.1) is 14.2 Å². The molecule has 2 amide bonds. The van der Waals surface area contributed by atoms with E-state index in [9.17, 15) is 9.59 Å². The Bertz CT molecular complexity index is 1150. The second kappa shape index (κ2) is 8.39. The van der Waals surface area contributed by atoms with Crippen molar-refractivity contribution in [2.45, 2.75) is 6.42 Å². The van der Waals surface area contributed by atoms with E-state index in [1.54, 1.807) is 0 Å². The summed E-state index contributed by atoms with van der Waals surface area (Å²) in [5.41, 5.74) is 11.0. The summed E-state index contributed by atoms with van der Waals surface area (Å²) in [6.45, 7) is -0.338. The van der Waals surface area contributed by atoms with E-state index >= 15 is 0 Å². The minimum absolute atomic E-state index is 0.204. The van der Waals surface area contributed by atoms with Crippen LogP contribution in [0, 0.1) is 0 Å². The number of methoxy groups -OCH3 is 2. The number of ether oxygens (including phenoxy) is 3. The van der Waals surface area contributed by atoms with E-state index in [-0.39, 0.29) is 29.8 Å². The lowest BCUT2D eigenvalue weighted by Gasteiger charge is -2.15. The van der Waals surface area contributed by atoms with Crippen LogP contribution in [-0.2, 0) is 11.2 Å². The lowest BCUT2D eigenvalue weighted by Crippen LogP contribution is -2.20. The van der Waals surface area contributed by atoms with Gasteiger partial charge in [0.1, 0.15) is 0 Å². The maximum Gasteiger partial charge on any atom is 0.255 e. The first kappa shape index (κ1) is 20.3. The van der Waals surface area contributed by atoms with Gasteiger partial charge in [0.25, 0.3) is 11.8 Å². The van der Waals surface area contributed by atoms with E-state index in [1.165, 1.54) is 48.6 Å². The van der Waals surface area contributed by atoms with Crippen LogP contribution >= 0.6 is 0 Å². The van der Waals surface area contributed by atoms with Crippen LogP contribution in [0.2, 0.25) is 0 Å². The number of hydrogen-bond donors (Lipinski definition) is 2. The Morgan fingerprint density at radius 2 is 1.61 bits per heavy atom. The molecule has 4 rings (SSSR count). The van der Waals surface area contributed by atoms with Gasteiger partial charge in [0.15, 0.2) is 18.1 Å². The van der Waals surface area contributed by atoms with Gasteiger partial charge in [-0.3, -0.25) is 9.59 Å². The number of anilines is 1. The number of nitrogens with one attached hydrogen (secondary N) is 1. The van der Waals surface area contributed by atoms with Gasteiger partial charge in [-0.05, 0) is 52.9 Å². The SMILES string of the molecule is COc1cc(C(=O)Nc2ccc3c(c2)Cc2ccccc2-3)cc(OC)c1OCC(N)=O. The molecule has 158 valence electrons. The summed E-state index contributed by atoms with van der Waals surface area (Å²) in [5.74, 6) is -0.237. The number of carbonyl (C=O) groups excluding carboxylic acids is 2. The zero-order chi connectivity index (χ0) is 22.0. The average Bonchev–Trinajstić information content (AvgIpc) is 3.14. The van der Waals surface area contributed by atoms with E-state index < -0.39 is 5.91 Å². The van der Waals surface area contributed by atoms with Crippen LogP contribution in [0.4, 0.5) is 5.69 Å². The fraction of sp³-hybridized carbons (Fsp3) is 0.167. The average molecular weight is 418 g/mol. The third-order valence-electron chi connectivity index (χ3n) is 5.13. The topological polar surface area (TPSA) is 99.9 Å². The molecular formula is C24H22N2O5. The van der Waals surface area contributed by atoms with Crippen LogP contribution in [0.15, 0.2) is 54.6 Å². The Balaban J connectivity index is 1.58. The molecular weight excluding hydrogens is 396 g/mol. The van der Waals surface area contributed by atoms with Crippen molar-refractivity contribution >= 4 is 17.5 Å². The molecule has 0 fully saturated rings. The summed E-state index contributed by atoms with van der Waals surface area (Å²) in [6, 6.07) is 17.2. The van der Waals surface area contributed by atoms with E-state index in [0.717, 1.165) is 6.42 Å². The van der Waals surface area contributed by atoms with Crippen LogP contribution in [0.1, 0.15) is 21.5 Å². The number of rotatable bonds is 7. The maximum atomic E-state index is 12.9. The zero-order valence-electron chi connectivity index (χ0n) is 17.2. The number of fused-ring (bicyclic) bond motifs is 3. The Labute approximate surface area is 179 Å². The van der Waals surface area contributed by atoms with Crippen LogP contribution < -0.4 is 25.3 Å². The second-order valence-corrected chi connectivity index (χ2v) is 7.12. The molecule has 7 nitrogen and oxygen atoms in total. The minimum atomic E-state index is -0.635. The quantitative estimate of drug-likeness (QED) is 0.479. The molecule has 7 heteroatoms. The fourth-order valence-electron chi connectivity index (χ4n) is 3.72. The van der Waals surface area contributed by atoms with Crippen molar-refractivity contribution in [1.29, 1.82) is 0 Å². The summed E-state index contributed by atoms with van der Waals surface area (Å²) in [4.78, 5) is 24.0. The number of benzene rings is 3. The first-order valence-corrected chi connectivity index (χ1v) is 9.70. The highest BCUT2D eigenvalue weighted by Crippen LogP contribution is 2.40. The van der Waals surface area contributed by atoms with Crippen molar-refractivity contribution in [3.63, 3.8) is 0 Å². The van der Waals surface area contributed by atoms with E-state index in [2.05, 4.69) is 17.4 Å². The Morgan fingerprint density at radius 1 is 0.935 bits per heavy atom. The minimum Gasteiger partial charge on any atom is -0.493 e. The number of carbonyl (C=O) groups is 2. The molecule has 0 saturated heterocycles. The molecule has 0 heterocycles. The highest BCUT2D eigenvalue weighted by Gasteiger charge is 2.20. The number of hydrogen-bond acceptors (Lipinski definition) is 5. The lowest BCUT2D eigenvalue weighted by atomic mass is 10.1. The molecule has 3 aromatic rings. The van der Waals surface area contributed by atoms with Gasteiger partial charge < -0.3 is 25.3 Å². The van der Waals surface area contributed by atoms with Gasteiger partial charge in [-0.1, -0.05) is 30.3 Å². The molecule has 0 bridgehead atoms. The molecule has 0 aliphatic heterocycles. The molecule has 0 atom stereocenters. The van der Waals surface area contributed by atoms with Crippen LogP contribution in [-0.4, -0.2) is 32.6 Å². The van der Waals surface area contributed by atoms with Gasteiger partial charge in [-0.2, -0.15) is 0 Å². The van der Waals surface area contributed by atoms with Crippen LogP contribution in [0.5, 0.6) is 17.2 Å². The van der Waals surface area contributed by atoms with E-state index in [4.69, 9.17) is 19.9 Å². The van der Waals surface area contributed by atoms with Crippen molar-refractivity contribution in [3.8, 4) is 28.4 Å². The van der Waals surface area contributed by atoms with Crippen molar-refractivity contribution in [1.82, 2.24) is 0 Å². The van der Waals surface area contributed by atoms with E-state index in [0.29, 0.717) is 11.3 Å². The Kier molecular flexibility index (Phi) is 5.49. The molecule has 0 unspecified atom stereocenters. The first-order chi connectivity index (χ1) is 15.0. The molecule has 31 heavy (non-hydrogen) atoms. The largest absolute Gasteiger partial charge is 0.493 e. The number of primary amides is 1. The van der Waals surface area contributed by atoms with Crippen molar-refractivity contribution < 1.29 is 23.8 Å². The molecule has 0 spiro atoms. The summed E-state index contributed by atoms with van der Waals surface area (Å²) in [6.07, 6.45) is 0.836. The summed E-state index contributed by atoms with van der Waals surface area (Å²) in [7, 11) is 2.87. The predicted molar refractivity (Wildman–Crippen MR) is 117 cm³/mol. The van der Waals surface area contributed by atoms with Crippen LogP contribution in [0.3, 0.4) is 0 Å². The molecule has 3 aromatic carbocycles. The second-order valence-electron chi connectivity index (χ2n) is 7.12. The highest BCUT2D eigenvalue weighted by atomic mass is 16.5. The van der Waals surface area contributed by atoms with Crippen molar-refractivity contribution in [2.24, 2.45) is 5.73 Å². The van der Waals surface area contributed by atoms with Gasteiger partial charge >= 0.3 is 0 Å².